The van der Waals surface area contributed by atoms with Crippen LogP contribution in [-0.4, -0.2) is 23.4 Å². The van der Waals surface area contributed by atoms with Crippen LogP contribution in [0, 0.1) is 0 Å². The van der Waals surface area contributed by atoms with Gasteiger partial charge in [0.25, 0.3) is 0 Å². The van der Waals surface area contributed by atoms with Crippen LogP contribution in [0.5, 0.6) is 0 Å². The third kappa shape index (κ3) is 3.66. The zero-order valence-corrected chi connectivity index (χ0v) is 14.6. The van der Waals surface area contributed by atoms with E-state index in [-0.39, 0.29) is 24.8 Å². The van der Waals surface area contributed by atoms with Crippen LogP contribution >= 0.6 is 0 Å². The number of para-hydroxylation sites is 2. The average molecular weight is 353 g/mol. The zero-order chi connectivity index (χ0) is 18.7. The van der Waals surface area contributed by atoms with Crippen molar-refractivity contribution in [3.05, 3.63) is 59.1 Å². The van der Waals surface area contributed by atoms with E-state index in [1.165, 1.54) is 16.4 Å². The number of aromatic nitrogens is 1. The Morgan fingerprint density at radius 1 is 1.12 bits per heavy atom. The van der Waals surface area contributed by atoms with Crippen molar-refractivity contribution >= 4 is 34.3 Å². The van der Waals surface area contributed by atoms with Crippen molar-refractivity contribution < 1.29 is 14.0 Å². The molecular weight excluding hydrogens is 334 g/mol. The molecule has 134 valence electrons. The number of rotatable bonds is 5. The molecule has 1 N–H and O–H groups in total. The maximum atomic E-state index is 12.2. The van der Waals surface area contributed by atoms with Crippen LogP contribution in [0.4, 0.5) is 11.4 Å². The lowest BCUT2D eigenvalue weighted by atomic mass is 10.2. The molecule has 3 aromatic rings. The number of carbonyl (C=O) groups excluding carboxylic acids is 2. The quantitative estimate of drug-likeness (QED) is 0.764. The van der Waals surface area contributed by atoms with Crippen LogP contribution in [-0.2, 0) is 16.1 Å². The molecule has 0 atom stereocenters. The molecule has 0 bridgehead atoms. The Morgan fingerprint density at radius 2 is 1.81 bits per heavy atom. The molecule has 0 unspecified atom stereocenters. The predicted molar refractivity (Wildman–Crippen MR) is 99.2 cm³/mol. The lowest BCUT2D eigenvalue weighted by Gasteiger charge is -2.15. The van der Waals surface area contributed by atoms with Crippen molar-refractivity contribution in [1.29, 1.82) is 0 Å². The number of nitrogens with one attached hydrogen (secondary N) is 1. The van der Waals surface area contributed by atoms with Gasteiger partial charge in [-0.25, -0.2) is 4.79 Å². The normalized spacial score (nSPS) is 10.7. The smallest absolute Gasteiger partial charge is 0.408 e. The van der Waals surface area contributed by atoms with Gasteiger partial charge in [-0.2, -0.15) is 0 Å². The van der Waals surface area contributed by atoms with Gasteiger partial charge in [0.1, 0.15) is 0 Å². The summed E-state index contributed by atoms with van der Waals surface area (Å²) >= 11 is 0. The fourth-order valence-corrected chi connectivity index (χ4v) is 2.61. The number of hydrogen-bond acceptors (Lipinski definition) is 4. The SMILES string of the molecule is CC(=O)N(C)c1ccc(NC(=O)CCn2c(=O)oc3ccccc32)cc1. The molecule has 2 aromatic carbocycles. The monoisotopic (exact) mass is 353 g/mol. The van der Waals surface area contributed by atoms with Crippen molar-refractivity contribution in [3.63, 3.8) is 0 Å². The van der Waals surface area contributed by atoms with E-state index in [0.29, 0.717) is 16.8 Å². The van der Waals surface area contributed by atoms with Crippen molar-refractivity contribution in [2.45, 2.75) is 19.9 Å². The van der Waals surface area contributed by atoms with Crippen LogP contribution in [0.25, 0.3) is 11.1 Å². The molecule has 0 saturated heterocycles. The largest absolute Gasteiger partial charge is 0.419 e. The Hall–Kier alpha value is -3.35. The van der Waals surface area contributed by atoms with E-state index in [4.69, 9.17) is 4.42 Å². The van der Waals surface area contributed by atoms with Gasteiger partial charge in [0.05, 0.1) is 5.52 Å². The first-order valence-corrected chi connectivity index (χ1v) is 8.18. The first-order chi connectivity index (χ1) is 12.5. The van der Waals surface area contributed by atoms with E-state index in [9.17, 15) is 14.4 Å². The number of anilines is 2. The van der Waals surface area contributed by atoms with E-state index in [2.05, 4.69) is 5.32 Å². The van der Waals surface area contributed by atoms with Gasteiger partial charge in [0, 0.05) is 38.3 Å². The average Bonchev–Trinajstić information content (AvgIpc) is 2.95. The minimum absolute atomic E-state index is 0.0698. The van der Waals surface area contributed by atoms with Gasteiger partial charge in [0.2, 0.25) is 11.8 Å². The second-order valence-corrected chi connectivity index (χ2v) is 5.91. The van der Waals surface area contributed by atoms with E-state index in [0.717, 1.165) is 5.69 Å². The van der Waals surface area contributed by atoms with Crippen LogP contribution in [0.15, 0.2) is 57.7 Å². The minimum Gasteiger partial charge on any atom is -0.408 e. The summed E-state index contributed by atoms with van der Waals surface area (Å²) in [6.45, 7) is 1.71. The van der Waals surface area contributed by atoms with Crippen LogP contribution in [0.1, 0.15) is 13.3 Å². The highest BCUT2D eigenvalue weighted by Crippen LogP contribution is 2.17. The lowest BCUT2D eigenvalue weighted by molar-refractivity contribution is -0.117. The first-order valence-electron chi connectivity index (χ1n) is 8.18. The zero-order valence-electron chi connectivity index (χ0n) is 14.6. The highest BCUT2D eigenvalue weighted by atomic mass is 16.4. The Kier molecular flexibility index (Phi) is 4.88. The van der Waals surface area contributed by atoms with E-state index in [1.54, 1.807) is 49.5 Å². The van der Waals surface area contributed by atoms with E-state index in [1.807, 2.05) is 6.07 Å². The third-order valence-electron chi connectivity index (χ3n) is 4.15. The first kappa shape index (κ1) is 17.5. The number of hydrogen-bond donors (Lipinski definition) is 1. The third-order valence-corrected chi connectivity index (χ3v) is 4.15. The van der Waals surface area contributed by atoms with Crippen LogP contribution in [0.3, 0.4) is 0 Å². The highest BCUT2D eigenvalue weighted by Gasteiger charge is 2.11. The summed E-state index contributed by atoms with van der Waals surface area (Å²) in [7, 11) is 1.68. The summed E-state index contributed by atoms with van der Waals surface area (Å²) in [5.74, 6) is -0.759. The molecule has 3 rings (SSSR count). The molecule has 0 aliphatic carbocycles. The van der Waals surface area contributed by atoms with E-state index >= 15 is 0 Å². The fourth-order valence-electron chi connectivity index (χ4n) is 2.61. The fraction of sp³-hybridized carbons (Fsp3) is 0.211. The topological polar surface area (TPSA) is 84.5 Å². The maximum absolute atomic E-state index is 12.2. The van der Waals surface area contributed by atoms with Gasteiger partial charge in [-0.3, -0.25) is 14.2 Å². The maximum Gasteiger partial charge on any atom is 0.419 e. The number of carbonyl (C=O) groups is 2. The van der Waals surface area contributed by atoms with Gasteiger partial charge in [-0.1, -0.05) is 12.1 Å². The number of aryl methyl sites for hydroxylation is 1. The second kappa shape index (κ2) is 7.26. The minimum atomic E-state index is -0.476. The molecule has 2 amide bonds. The molecule has 0 spiro atoms. The van der Waals surface area contributed by atoms with E-state index < -0.39 is 5.76 Å². The molecule has 1 aromatic heterocycles. The molecule has 0 aliphatic heterocycles. The molecule has 26 heavy (non-hydrogen) atoms. The molecule has 0 aliphatic rings. The summed E-state index contributed by atoms with van der Waals surface area (Å²) in [5, 5.41) is 2.78. The summed E-state index contributed by atoms with van der Waals surface area (Å²) in [4.78, 5) is 36.9. The molecule has 7 nitrogen and oxygen atoms in total. The number of nitrogens with zero attached hydrogens (tertiary/aromatic N) is 2. The predicted octanol–water partition coefficient (Wildman–Crippen LogP) is 2.61. The summed E-state index contributed by atoms with van der Waals surface area (Å²) in [6, 6.07) is 14.1. The lowest BCUT2D eigenvalue weighted by Crippen LogP contribution is -2.22. The number of fused-ring (bicyclic) bond motifs is 1. The van der Waals surface area contributed by atoms with Gasteiger partial charge in [-0.05, 0) is 36.4 Å². The Balaban J connectivity index is 1.63. The van der Waals surface area contributed by atoms with Crippen molar-refractivity contribution in [1.82, 2.24) is 4.57 Å². The summed E-state index contributed by atoms with van der Waals surface area (Å²) in [5.41, 5.74) is 2.54. The molecule has 0 radical (unpaired) electrons. The van der Waals surface area contributed by atoms with Crippen LogP contribution < -0.4 is 16.0 Å². The summed E-state index contributed by atoms with van der Waals surface area (Å²) < 4.78 is 6.59. The molecule has 0 saturated carbocycles. The second-order valence-electron chi connectivity index (χ2n) is 5.91. The molecular formula is C19H19N3O4. The van der Waals surface area contributed by atoms with Gasteiger partial charge in [0.15, 0.2) is 5.58 Å². The Bertz CT molecular complexity index is 1000. The van der Waals surface area contributed by atoms with Gasteiger partial charge < -0.3 is 14.6 Å². The summed E-state index contributed by atoms with van der Waals surface area (Å²) in [6.07, 6.45) is 0.137. The van der Waals surface area contributed by atoms with Crippen LogP contribution in [0.2, 0.25) is 0 Å². The molecule has 1 heterocycles. The molecule has 7 heteroatoms. The highest BCUT2D eigenvalue weighted by molar-refractivity contribution is 5.93. The van der Waals surface area contributed by atoms with Crippen molar-refractivity contribution in [3.8, 4) is 0 Å². The Labute approximate surface area is 149 Å². The van der Waals surface area contributed by atoms with Gasteiger partial charge >= 0.3 is 5.76 Å². The number of oxazole rings is 1. The van der Waals surface area contributed by atoms with Crippen molar-refractivity contribution in [2.24, 2.45) is 0 Å². The standard InChI is InChI=1S/C19H19N3O4/c1-13(23)21(2)15-9-7-14(8-10-15)20-18(24)11-12-22-16-5-3-4-6-17(16)26-19(22)25/h3-10H,11-12H2,1-2H3,(H,20,24). The van der Waals surface area contributed by atoms with Crippen molar-refractivity contribution in [2.75, 3.05) is 17.3 Å². The Morgan fingerprint density at radius 3 is 2.50 bits per heavy atom. The number of amides is 2. The number of benzene rings is 2. The van der Waals surface area contributed by atoms with Gasteiger partial charge in [-0.15, -0.1) is 0 Å². The molecule has 0 fully saturated rings.